The molecule has 0 fully saturated rings. The third kappa shape index (κ3) is 4.56. The number of hydrogen-bond acceptors (Lipinski definition) is 3. The van der Waals surface area contributed by atoms with Gasteiger partial charge in [-0.25, -0.2) is 0 Å². The van der Waals surface area contributed by atoms with E-state index in [2.05, 4.69) is 10.4 Å². The van der Waals surface area contributed by atoms with Crippen LogP contribution < -0.4 is 5.32 Å². The van der Waals surface area contributed by atoms with Gasteiger partial charge in [0.05, 0.1) is 24.2 Å². The molecule has 1 heterocycles. The van der Waals surface area contributed by atoms with Crippen molar-refractivity contribution in [2.24, 2.45) is 0 Å². The quantitative estimate of drug-likeness (QED) is 0.849. The van der Waals surface area contributed by atoms with Gasteiger partial charge in [0.1, 0.15) is 0 Å². The fourth-order valence-corrected chi connectivity index (χ4v) is 2.33. The molecule has 0 saturated carbocycles. The Kier molecular flexibility index (Phi) is 5.39. The molecule has 1 aromatic carbocycles. The standard InChI is InChI=1S/C16H18ClN3O3/c1-10(2)20-9-12(8-18-20)16(23)19-14(7-15(21)22)11-4-3-5-13(17)6-11/h3-6,8-10,14H,7H2,1-2H3,(H,19,23)(H,21,22)/t14-/m0/s1. The summed E-state index contributed by atoms with van der Waals surface area (Å²) in [4.78, 5) is 23.4. The summed E-state index contributed by atoms with van der Waals surface area (Å²) in [7, 11) is 0. The van der Waals surface area contributed by atoms with Gasteiger partial charge in [-0.15, -0.1) is 0 Å². The normalized spacial score (nSPS) is 12.2. The van der Waals surface area contributed by atoms with Crippen LogP contribution in [0.5, 0.6) is 0 Å². The maximum Gasteiger partial charge on any atom is 0.305 e. The Morgan fingerprint density at radius 2 is 2.13 bits per heavy atom. The molecule has 6 nitrogen and oxygen atoms in total. The highest BCUT2D eigenvalue weighted by molar-refractivity contribution is 6.30. The van der Waals surface area contributed by atoms with Crippen molar-refractivity contribution in [1.82, 2.24) is 15.1 Å². The second-order valence-corrected chi connectivity index (χ2v) is 5.92. The maximum absolute atomic E-state index is 12.3. The highest BCUT2D eigenvalue weighted by atomic mass is 35.5. The van der Waals surface area contributed by atoms with Gasteiger partial charge < -0.3 is 10.4 Å². The van der Waals surface area contributed by atoms with Crippen LogP contribution in [0.2, 0.25) is 5.02 Å². The van der Waals surface area contributed by atoms with Crippen molar-refractivity contribution in [3.05, 3.63) is 52.8 Å². The number of nitrogens with one attached hydrogen (secondary N) is 1. The Labute approximate surface area is 139 Å². The van der Waals surface area contributed by atoms with E-state index in [9.17, 15) is 9.59 Å². The van der Waals surface area contributed by atoms with Crippen molar-refractivity contribution in [3.8, 4) is 0 Å². The number of nitrogens with zero attached hydrogens (tertiary/aromatic N) is 2. The van der Waals surface area contributed by atoms with E-state index in [-0.39, 0.29) is 18.4 Å². The number of carboxylic acids is 1. The second kappa shape index (κ2) is 7.28. The molecule has 0 radical (unpaired) electrons. The lowest BCUT2D eigenvalue weighted by Crippen LogP contribution is -2.30. The smallest absolute Gasteiger partial charge is 0.305 e. The zero-order chi connectivity index (χ0) is 17.0. The first-order chi connectivity index (χ1) is 10.9. The first-order valence-electron chi connectivity index (χ1n) is 7.19. The minimum atomic E-state index is -1.01. The van der Waals surface area contributed by atoms with Gasteiger partial charge in [0.15, 0.2) is 0 Å². The van der Waals surface area contributed by atoms with E-state index in [0.29, 0.717) is 16.1 Å². The number of hydrogen-bond donors (Lipinski definition) is 2. The number of carbonyl (C=O) groups is 2. The van der Waals surface area contributed by atoms with Crippen LogP contribution in [-0.2, 0) is 4.79 Å². The van der Waals surface area contributed by atoms with Crippen LogP contribution in [0.1, 0.15) is 48.3 Å². The van der Waals surface area contributed by atoms with Gasteiger partial charge in [0, 0.05) is 17.3 Å². The summed E-state index contributed by atoms with van der Waals surface area (Å²) in [5.74, 6) is -1.38. The SMILES string of the molecule is CC(C)n1cc(C(=O)N[C@@H](CC(=O)O)c2cccc(Cl)c2)cn1. The number of rotatable bonds is 6. The summed E-state index contributed by atoms with van der Waals surface area (Å²) < 4.78 is 1.67. The fourth-order valence-electron chi connectivity index (χ4n) is 2.13. The van der Waals surface area contributed by atoms with Gasteiger partial charge in [-0.2, -0.15) is 5.10 Å². The Hall–Kier alpha value is -2.34. The van der Waals surface area contributed by atoms with E-state index in [4.69, 9.17) is 16.7 Å². The molecular formula is C16H18ClN3O3. The van der Waals surface area contributed by atoms with Crippen LogP contribution in [0.3, 0.4) is 0 Å². The van der Waals surface area contributed by atoms with E-state index >= 15 is 0 Å². The average Bonchev–Trinajstić information content (AvgIpc) is 2.96. The molecule has 0 aliphatic heterocycles. The van der Waals surface area contributed by atoms with Crippen molar-refractivity contribution in [1.29, 1.82) is 0 Å². The first kappa shape index (κ1) is 17.0. The summed E-state index contributed by atoms with van der Waals surface area (Å²) in [6.45, 7) is 3.90. The molecular weight excluding hydrogens is 318 g/mol. The van der Waals surface area contributed by atoms with Gasteiger partial charge in [0.2, 0.25) is 0 Å². The average molecular weight is 336 g/mol. The molecule has 2 N–H and O–H groups in total. The molecule has 0 aliphatic carbocycles. The predicted molar refractivity (Wildman–Crippen MR) is 86.5 cm³/mol. The molecule has 2 aromatic rings. The predicted octanol–water partition coefficient (Wildman–Crippen LogP) is 3.06. The number of benzene rings is 1. The Morgan fingerprint density at radius 3 is 2.70 bits per heavy atom. The monoisotopic (exact) mass is 335 g/mol. The van der Waals surface area contributed by atoms with Crippen LogP contribution in [-0.4, -0.2) is 26.8 Å². The number of halogens is 1. The maximum atomic E-state index is 12.3. The minimum Gasteiger partial charge on any atom is -0.481 e. The van der Waals surface area contributed by atoms with Crippen molar-refractivity contribution in [2.75, 3.05) is 0 Å². The summed E-state index contributed by atoms with van der Waals surface area (Å²) in [6, 6.07) is 6.26. The van der Waals surface area contributed by atoms with Gasteiger partial charge in [-0.05, 0) is 31.5 Å². The summed E-state index contributed by atoms with van der Waals surface area (Å²) in [6.07, 6.45) is 2.87. The number of aromatic nitrogens is 2. The van der Waals surface area contributed by atoms with Crippen LogP contribution in [0, 0.1) is 0 Å². The summed E-state index contributed by atoms with van der Waals surface area (Å²) in [5, 5.41) is 16.4. The number of carbonyl (C=O) groups excluding carboxylic acids is 1. The molecule has 0 aliphatic rings. The van der Waals surface area contributed by atoms with Crippen molar-refractivity contribution in [2.45, 2.75) is 32.4 Å². The third-order valence-corrected chi connectivity index (χ3v) is 3.56. The Balaban J connectivity index is 2.19. The minimum absolute atomic E-state index is 0.138. The molecule has 23 heavy (non-hydrogen) atoms. The molecule has 0 unspecified atom stereocenters. The largest absolute Gasteiger partial charge is 0.481 e. The van der Waals surface area contributed by atoms with E-state index in [1.807, 2.05) is 13.8 Å². The molecule has 2 rings (SSSR count). The van der Waals surface area contributed by atoms with Gasteiger partial charge >= 0.3 is 5.97 Å². The van der Waals surface area contributed by atoms with Gasteiger partial charge in [-0.3, -0.25) is 14.3 Å². The summed E-state index contributed by atoms with van der Waals surface area (Å²) in [5.41, 5.74) is 1.03. The Bertz CT molecular complexity index is 712. The molecule has 1 amide bonds. The molecule has 1 atom stereocenters. The summed E-state index contributed by atoms with van der Waals surface area (Å²) >= 11 is 5.94. The van der Waals surface area contributed by atoms with Crippen LogP contribution >= 0.6 is 11.6 Å². The fraction of sp³-hybridized carbons (Fsp3) is 0.312. The van der Waals surface area contributed by atoms with E-state index in [1.54, 1.807) is 35.1 Å². The highest BCUT2D eigenvalue weighted by Crippen LogP contribution is 2.21. The second-order valence-electron chi connectivity index (χ2n) is 5.48. The van der Waals surface area contributed by atoms with Crippen molar-refractivity contribution >= 4 is 23.5 Å². The molecule has 0 saturated heterocycles. The number of amides is 1. The van der Waals surface area contributed by atoms with Crippen LogP contribution in [0.15, 0.2) is 36.7 Å². The van der Waals surface area contributed by atoms with E-state index in [1.165, 1.54) is 6.20 Å². The molecule has 122 valence electrons. The van der Waals surface area contributed by atoms with E-state index < -0.39 is 12.0 Å². The number of carboxylic acid groups (broad SMARTS) is 1. The van der Waals surface area contributed by atoms with Crippen LogP contribution in [0.4, 0.5) is 0 Å². The zero-order valence-corrected chi connectivity index (χ0v) is 13.6. The van der Waals surface area contributed by atoms with E-state index in [0.717, 1.165) is 0 Å². The van der Waals surface area contributed by atoms with Gasteiger partial charge in [-0.1, -0.05) is 23.7 Å². The molecule has 7 heteroatoms. The van der Waals surface area contributed by atoms with Gasteiger partial charge in [0.25, 0.3) is 5.91 Å². The lowest BCUT2D eigenvalue weighted by molar-refractivity contribution is -0.137. The zero-order valence-electron chi connectivity index (χ0n) is 12.9. The highest BCUT2D eigenvalue weighted by Gasteiger charge is 2.20. The Morgan fingerprint density at radius 1 is 1.39 bits per heavy atom. The van der Waals surface area contributed by atoms with Crippen molar-refractivity contribution < 1.29 is 14.7 Å². The third-order valence-electron chi connectivity index (χ3n) is 3.33. The molecule has 0 bridgehead atoms. The number of aliphatic carboxylic acids is 1. The van der Waals surface area contributed by atoms with Crippen LogP contribution in [0.25, 0.3) is 0 Å². The lowest BCUT2D eigenvalue weighted by atomic mass is 10.0. The topological polar surface area (TPSA) is 84.2 Å². The molecule has 0 spiro atoms. The first-order valence-corrected chi connectivity index (χ1v) is 7.57. The van der Waals surface area contributed by atoms with Crippen molar-refractivity contribution in [3.63, 3.8) is 0 Å². The molecule has 1 aromatic heterocycles. The lowest BCUT2D eigenvalue weighted by Gasteiger charge is -2.17.